The molecule has 0 radical (unpaired) electrons. The molecule has 0 aliphatic rings. The first-order valence-electron chi connectivity index (χ1n) is 7.62. The van der Waals surface area contributed by atoms with E-state index in [4.69, 9.17) is 4.42 Å². The summed E-state index contributed by atoms with van der Waals surface area (Å²) >= 11 is 0. The molecule has 0 spiro atoms. The third-order valence-corrected chi connectivity index (χ3v) is 3.09. The van der Waals surface area contributed by atoms with E-state index in [2.05, 4.69) is 41.4 Å². The lowest BCUT2D eigenvalue weighted by atomic mass is 10.2. The lowest BCUT2D eigenvalue weighted by Gasteiger charge is -2.15. The molecule has 2 aromatic heterocycles. The first-order chi connectivity index (χ1) is 10.2. The van der Waals surface area contributed by atoms with E-state index in [1.165, 1.54) is 0 Å². The van der Waals surface area contributed by atoms with Crippen molar-refractivity contribution >= 4 is 11.6 Å². The maximum atomic E-state index is 5.38. The second kappa shape index (κ2) is 7.67. The zero-order valence-electron chi connectivity index (χ0n) is 13.0. The third kappa shape index (κ3) is 4.77. The minimum Gasteiger partial charge on any atom is -0.469 e. The highest BCUT2D eigenvalue weighted by atomic mass is 16.3. The summed E-state index contributed by atoms with van der Waals surface area (Å²) in [6.45, 7) is 7.17. The van der Waals surface area contributed by atoms with Gasteiger partial charge < -0.3 is 15.1 Å². The van der Waals surface area contributed by atoms with Crippen LogP contribution in [0.15, 0.2) is 28.9 Å². The number of hydrogen-bond donors (Lipinski definition) is 2. The fourth-order valence-corrected chi connectivity index (χ4v) is 2.21. The minimum atomic E-state index is 0.245. The molecule has 0 aliphatic carbocycles. The van der Waals surface area contributed by atoms with Gasteiger partial charge >= 0.3 is 0 Å². The van der Waals surface area contributed by atoms with Gasteiger partial charge in [0.05, 0.1) is 6.26 Å². The number of hydrogen-bond acceptors (Lipinski definition) is 5. The van der Waals surface area contributed by atoms with E-state index in [0.717, 1.165) is 49.0 Å². The summed E-state index contributed by atoms with van der Waals surface area (Å²) in [7, 11) is 0. The van der Waals surface area contributed by atoms with E-state index >= 15 is 0 Å². The molecule has 0 fully saturated rings. The van der Waals surface area contributed by atoms with Crippen LogP contribution in [-0.4, -0.2) is 22.6 Å². The highest BCUT2D eigenvalue weighted by molar-refractivity contribution is 5.48. The van der Waals surface area contributed by atoms with Gasteiger partial charge in [-0.2, -0.15) is 0 Å². The van der Waals surface area contributed by atoms with E-state index < -0.39 is 0 Å². The number of aryl methyl sites for hydroxylation is 1. The standard InChI is InChI=1S/C16H24N4O/c1-4-7-14-19-15(17-5-2)11-16(20-14)18-12(3)10-13-8-6-9-21-13/h6,8-9,11-12H,4-5,7,10H2,1-3H3,(H2,17,18,19,20). The van der Waals surface area contributed by atoms with E-state index in [-0.39, 0.29) is 6.04 Å². The van der Waals surface area contributed by atoms with Gasteiger partial charge in [0.1, 0.15) is 23.2 Å². The molecule has 0 saturated heterocycles. The number of furan rings is 1. The van der Waals surface area contributed by atoms with E-state index in [0.29, 0.717) is 0 Å². The Labute approximate surface area is 126 Å². The van der Waals surface area contributed by atoms with Crippen LogP contribution in [0.5, 0.6) is 0 Å². The molecule has 0 saturated carbocycles. The molecule has 2 rings (SSSR count). The maximum Gasteiger partial charge on any atom is 0.133 e. The SMILES string of the molecule is CCCc1nc(NCC)cc(NC(C)Cc2ccco2)n1. The molecule has 5 heteroatoms. The summed E-state index contributed by atoms with van der Waals surface area (Å²) in [4.78, 5) is 9.10. The van der Waals surface area contributed by atoms with Gasteiger partial charge in [0.2, 0.25) is 0 Å². The summed E-state index contributed by atoms with van der Waals surface area (Å²) in [5.41, 5.74) is 0. The summed E-state index contributed by atoms with van der Waals surface area (Å²) < 4.78 is 5.38. The van der Waals surface area contributed by atoms with Crippen LogP contribution in [0, 0.1) is 0 Å². The zero-order valence-corrected chi connectivity index (χ0v) is 13.0. The van der Waals surface area contributed by atoms with Gasteiger partial charge in [-0.3, -0.25) is 0 Å². The van der Waals surface area contributed by atoms with Crippen molar-refractivity contribution in [2.75, 3.05) is 17.2 Å². The van der Waals surface area contributed by atoms with Crippen LogP contribution in [-0.2, 0) is 12.8 Å². The Hall–Kier alpha value is -2.04. The summed E-state index contributed by atoms with van der Waals surface area (Å²) in [6.07, 6.45) is 4.46. The first-order valence-corrected chi connectivity index (χ1v) is 7.62. The highest BCUT2D eigenvalue weighted by Gasteiger charge is 2.09. The van der Waals surface area contributed by atoms with Crippen molar-refractivity contribution in [1.29, 1.82) is 0 Å². The Kier molecular flexibility index (Phi) is 5.60. The largest absolute Gasteiger partial charge is 0.469 e. The summed E-state index contributed by atoms with van der Waals surface area (Å²) in [5.74, 6) is 3.60. The van der Waals surface area contributed by atoms with Crippen molar-refractivity contribution in [2.24, 2.45) is 0 Å². The molecule has 0 amide bonds. The zero-order chi connectivity index (χ0) is 15.1. The lowest BCUT2D eigenvalue weighted by Crippen LogP contribution is -2.19. The van der Waals surface area contributed by atoms with Gasteiger partial charge in [0, 0.05) is 31.5 Å². The van der Waals surface area contributed by atoms with Gasteiger partial charge in [0.25, 0.3) is 0 Å². The Morgan fingerprint density at radius 3 is 2.71 bits per heavy atom. The lowest BCUT2D eigenvalue weighted by molar-refractivity contribution is 0.497. The smallest absolute Gasteiger partial charge is 0.133 e. The van der Waals surface area contributed by atoms with E-state index in [1.54, 1.807) is 6.26 Å². The molecule has 0 aromatic carbocycles. The van der Waals surface area contributed by atoms with Crippen molar-refractivity contribution in [3.05, 3.63) is 36.0 Å². The number of nitrogens with zero attached hydrogens (tertiary/aromatic N) is 2. The number of aromatic nitrogens is 2. The molecule has 1 unspecified atom stereocenters. The predicted octanol–water partition coefficient (Wildman–Crippen LogP) is 3.50. The summed E-state index contributed by atoms with van der Waals surface area (Å²) in [6, 6.07) is 6.11. The van der Waals surface area contributed by atoms with Crippen molar-refractivity contribution in [3.63, 3.8) is 0 Å². The Morgan fingerprint density at radius 1 is 1.24 bits per heavy atom. The van der Waals surface area contributed by atoms with Crippen LogP contribution in [0.4, 0.5) is 11.6 Å². The molecule has 2 N–H and O–H groups in total. The molecule has 114 valence electrons. The van der Waals surface area contributed by atoms with Crippen LogP contribution in [0.1, 0.15) is 38.8 Å². The molecule has 5 nitrogen and oxygen atoms in total. The van der Waals surface area contributed by atoms with E-state index in [1.807, 2.05) is 18.2 Å². The fraction of sp³-hybridized carbons (Fsp3) is 0.500. The van der Waals surface area contributed by atoms with Crippen molar-refractivity contribution in [2.45, 2.75) is 46.1 Å². The monoisotopic (exact) mass is 288 g/mol. The second-order valence-electron chi connectivity index (χ2n) is 5.16. The van der Waals surface area contributed by atoms with Gasteiger partial charge in [-0.05, 0) is 32.4 Å². The molecule has 1 atom stereocenters. The second-order valence-corrected chi connectivity index (χ2v) is 5.16. The van der Waals surface area contributed by atoms with Crippen LogP contribution in [0.2, 0.25) is 0 Å². The Morgan fingerprint density at radius 2 is 2.05 bits per heavy atom. The molecule has 0 aliphatic heterocycles. The Bertz CT molecular complexity index is 515. The number of rotatable bonds is 8. The Balaban J connectivity index is 2.06. The number of nitrogens with one attached hydrogen (secondary N) is 2. The highest BCUT2D eigenvalue weighted by Crippen LogP contribution is 2.15. The summed E-state index contributed by atoms with van der Waals surface area (Å²) in [5, 5.41) is 6.68. The van der Waals surface area contributed by atoms with E-state index in [9.17, 15) is 0 Å². The van der Waals surface area contributed by atoms with Crippen molar-refractivity contribution in [1.82, 2.24) is 9.97 Å². The first kappa shape index (κ1) is 15.4. The topological polar surface area (TPSA) is 63.0 Å². The quantitative estimate of drug-likeness (QED) is 0.778. The average Bonchev–Trinajstić information content (AvgIpc) is 2.91. The molecule has 0 bridgehead atoms. The molecule has 2 heterocycles. The van der Waals surface area contributed by atoms with Crippen LogP contribution >= 0.6 is 0 Å². The fourth-order valence-electron chi connectivity index (χ4n) is 2.21. The van der Waals surface area contributed by atoms with Crippen molar-refractivity contribution < 1.29 is 4.42 Å². The van der Waals surface area contributed by atoms with Crippen LogP contribution < -0.4 is 10.6 Å². The van der Waals surface area contributed by atoms with Crippen LogP contribution in [0.25, 0.3) is 0 Å². The van der Waals surface area contributed by atoms with Gasteiger partial charge in [-0.25, -0.2) is 9.97 Å². The minimum absolute atomic E-state index is 0.245. The molecular formula is C16H24N4O. The van der Waals surface area contributed by atoms with Gasteiger partial charge in [-0.1, -0.05) is 6.92 Å². The molecular weight excluding hydrogens is 264 g/mol. The predicted molar refractivity (Wildman–Crippen MR) is 85.7 cm³/mol. The average molecular weight is 288 g/mol. The normalized spacial score (nSPS) is 12.1. The maximum absolute atomic E-state index is 5.38. The molecule has 2 aromatic rings. The van der Waals surface area contributed by atoms with Gasteiger partial charge in [0.15, 0.2) is 0 Å². The van der Waals surface area contributed by atoms with Gasteiger partial charge in [-0.15, -0.1) is 0 Å². The van der Waals surface area contributed by atoms with Crippen LogP contribution in [0.3, 0.4) is 0 Å². The number of anilines is 2. The third-order valence-electron chi connectivity index (χ3n) is 3.09. The van der Waals surface area contributed by atoms with Crippen molar-refractivity contribution in [3.8, 4) is 0 Å². The molecule has 21 heavy (non-hydrogen) atoms.